The molecule has 0 aliphatic carbocycles. The van der Waals surface area contributed by atoms with Crippen LogP contribution in [0.4, 0.5) is 5.69 Å². The van der Waals surface area contributed by atoms with Crippen molar-refractivity contribution >= 4 is 22.6 Å². The second-order valence-corrected chi connectivity index (χ2v) is 8.07. The average Bonchev–Trinajstić information content (AvgIpc) is 3.38. The van der Waals surface area contributed by atoms with Crippen molar-refractivity contribution in [2.75, 3.05) is 12.1 Å². The molecule has 4 rings (SSSR count). The topological polar surface area (TPSA) is 67.2 Å². The Morgan fingerprint density at radius 1 is 1.21 bits per heavy atom. The third-order valence-corrected chi connectivity index (χ3v) is 5.38. The van der Waals surface area contributed by atoms with Crippen molar-refractivity contribution in [2.45, 2.75) is 20.3 Å². The van der Waals surface area contributed by atoms with Crippen molar-refractivity contribution in [1.29, 1.82) is 5.26 Å². The number of allylic oxidation sites excluding steroid dienone is 1. The largest absolute Gasteiger partial charge is 0.454 e. The van der Waals surface area contributed by atoms with E-state index in [1.165, 1.54) is 16.9 Å². The van der Waals surface area contributed by atoms with E-state index in [0.29, 0.717) is 22.2 Å². The molecule has 0 spiro atoms. The number of nitrogens with one attached hydrogen (secondary N) is 1. The van der Waals surface area contributed by atoms with E-state index in [1.54, 1.807) is 6.20 Å². The van der Waals surface area contributed by atoms with Crippen LogP contribution < -0.4 is 14.8 Å². The maximum Gasteiger partial charge on any atom is 0.231 e. The summed E-state index contributed by atoms with van der Waals surface area (Å²) in [6.07, 6.45) is 2.74. The van der Waals surface area contributed by atoms with E-state index in [4.69, 9.17) is 9.47 Å². The van der Waals surface area contributed by atoms with Crippen LogP contribution in [0.1, 0.15) is 24.4 Å². The van der Waals surface area contributed by atoms with E-state index in [1.807, 2.05) is 23.6 Å². The number of nitriles is 1. The van der Waals surface area contributed by atoms with Crippen LogP contribution in [0.5, 0.6) is 11.5 Å². The van der Waals surface area contributed by atoms with Crippen LogP contribution in [-0.4, -0.2) is 11.8 Å². The number of ether oxygens (including phenoxy) is 2. The summed E-state index contributed by atoms with van der Waals surface area (Å²) in [7, 11) is 0. The molecule has 0 unspecified atom stereocenters. The molecule has 0 fully saturated rings. The van der Waals surface area contributed by atoms with Gasteiger partial charge in [-0.1, -0.05) is 38.1 Å². The molecule has 0 bridgehead atoms. The zero-order valence-corrected chi connectivity index (χ0v) is 17.1. The zero-order valence-electron chi connectivity index (χ0n) is 16.3. The zero-order chi connectivity index (χ0) is 20.2. The summed E-state index contributed by atoms with van der Waals surface area (Å²) in [4.78, 5) is 4.66. The highest BCUT2D eigenvalue weighted by molar-refractivity contribution is 7.11. The third kappa shape index (κ3) is 4.41. The molecule has 0 saturated carbocycles. The van der Waals surface area contributed by atoms with E-state index in [-0.39, 0.29) is 6.79 Å². The molecule has 3 aromatic rings. The maximum atomic E-state index is 9.58. The van der Waals surface area contributed by atoms with E-state index in [9.17, 15) is 5.26 Å². The second kappa shape index (κ2) is 8.38. The summed E-state index contributed by atoms with van der Waals surface area (Å²) in [6.45, 7) is 4.67. The lowest BCUT2D eigenvalue weighted by Gasteiger charge is -2.05. The number of anilines is 1. The van der Waals surface area contributed by atoms with Gasteiger partial charge in [0, 0.05) is 28.9 Å². The van der Waals surface area contributed by atoms with Crippen LogP contribution in [-0.2, 0) is 6.42 Å². The average molecular weight is 404 g/mol. The van der Waals surface area contributed by atoms with Gasteiger partial charge in [-0.2, -0.15) is 5.26 Å². The van der Waals surface area contributed by atoms with Crippen LogP contribution >= 0.6 is 11.3 Å². The van der Waals surface area contributed by atoms with Gasteiger partial charge in [-0.3, -0.25) is 0 Å². The van der Waals surface area contributed by atoms with Crippen molar-refractivity contribution in [3.63, 3.8) is 0 Å². The fourth-order valence-electron chi connectivity index (χ4n) is 3.10. The van der Waals surface area contributed by atoms with Crippen molar-refractivity contribution in [3.05, 3.63) is 64.6 Å². The van der Waals surface area contributed by atoms with E-state index in [2.05, 4.69) is 54.5 Å². The number of rotatable bonds is 6. The predicted octanol–water partition coefficient (Wildman–Crippen LogP) is 5.71. The van der Waals surface area contributed by atoms with Gasteiger partial charge in [0.25, 0.3) is 0 Å². The molecule has 146 valence electrons. The van der Waals surface area contributed by atoms with Crippen LogP contribution in [0.2, 0.25) is 0 Å². The first-order chi connectivity index (χ1) is 14.1. The first kappa shape index (κ1) is 19.0. The minimum absolute atomic E-state index is 0.235. The fraction of sp³-hybridized carbons (Fsp3) is 0.217. The second-order valence-electron chi connectivity index (χ2n) is 7.21. The SMILES string of the molecule is CC(C)Cc1ccc(-c2csc(/C(C#N)=C/Nc3ccc4c(c3)OCO4)n2)cc1. The minimum Gasteiger partial charge on any atom is -0.454 e. The summed E-state index contributed by atoms with van der Waals surface area (Å²) >= 11 is 1.46. The Morgan fingerprint density at radius 3 is 2.76 bits per heavy atom. The number of aromatic nitrogens is 1. The van der Waals surface area contributed by atoms with Gasteiger partial charge in [-0.25, -0.2) is 4.98 Å². The van der Waals surface area contributed by atoms with Gasteiger partial charge >= 0.3 is 0 Å². The lowest BCUT2D eigenvalue weighted by atomic mass is 10.0. The minimum atomic E-state index is 0.235. The van der Waals surface area contributed by atoms with Crippen molar-refractivity contribution in [2.24, 2.45) is 5.92 Å². The number of thiazole rings is 1. The fourth-order valence-corrected chi connectivity index (χ4v) is 3.89. The summed E-state index contributed by atoms with van der Waals surface area (Å²) in [5.41, 5.74) is 4.56. The standard InChI is InChI=1S/C23H21N3O2S/c1-15(2)9-16-3-5-17(6-4-16)20-13-29-23(26-20)18(11-24)12-25-19-7-8-21-22(10-19)28-14-27-21/h3-8,10,12-13,15,25H,9,14H2,1-2H3/b18-12+. The van der Waals surface area contributed by atoms with Crippen LogP contribution in [0.15, 0.2) is 54.0 Å². The first-order valence-electron chi connectivity index (χ1n) is 9.44. The molecule has 0 saturated heterocycles. The normalized spacial score (nSPS) is 12.8. The molecule has 2 heterocycles. The summed E-state index contributed by atoms with van der Waals surface area (Å²) in [5.74, 6) is 2.05. The van der Waals surface area contributed by atoms with E-state index >= 15 is 0 Å². The molecular formula is C23H21N3O2S. The Balaban J connectivity index is 1.49. The van der Waals surface area contributed by atoms with Crippen molar-refractivity contribution in [1.82, 2.24) is 4.98 Å². The van der Waals surface area contributed by atoms with Gasteiger partial charge in [-0.05, 0) is 30.0 Å². The Hall–Kier alpha value is -3.30. The molecule has 1 aliphatic heterocycles. The Labute approximate surface area is 174 Å². The molecule has 0 radical (unpaired) electrons. The van der Waals surface area contributed by atoms with Gasteiger partial charge in [-0.15, -0.1) is 11.3 Å². The van der Waals surface area contributed by atoms with E-state index < -0.39 is 0 Å². The van der Waals surface area contributed by atoms with Crippen molar-refractivity contribution < 1.29 is 9.47 Å². The smallest absolute Gasteiger partial charge is 0.231 e. The molecule has 6 heteroatoms. The number of nitrogens with zero attached hydrogens (tertiary/aromatic N) is 2. The van der Waals surface area contributed by atoms with Crippen LogP contribution in [0.3, 0.4) is 0 Å². The highest BCUT2D eigenvalue weighted by atomic mass is 32.1. The van der Waals surface area contributed by atoms with Crippen molar-refractivity contribution in [3.8, 4) is 28.8 Å². The third-order valence-electron chi connectivity index (χ3n) is 4.50. The van der Waals surface area contributed by atoms with Gasteiger partial charge < -0.3 is 14.8 Å². The summed E-state index contributed by atoms with van der Waals surface area (Å²) in [5, 5.41) is 15.4. The number of hydrogen-bond donors (Lipinski definition) is 1. The molecule has 1 N–H and O–H groups in total. The number of fused-ring (bicyclic) bond motifs is 1. The molecule has 1 aliphatic rings. The highest BCUT2D eigenvalue weighted by Gasteiger charge is 2.13. The monoisotopic (exact) mass is 403 g/mol. The Bertz CT molecular complexity index is 1080. The molecule has 5 nitrogen and oxygen atoms in total. The van der Waals surface area contributed by atoms with Gasteiger partial charge in [0.1, 0.15) is 16.6 Å². The van der Waals surface area contributed by atoms with Crippen LogP contribution in [0.25, 0.3) is 16.8 Å². The van der Waals surface area contributed by atoms with Gasteiger partial charge in [0.2, 0.25) is 6.79 Å². The molecule has 29 heavy (non-hydrogen) atoms. The molecule has 0 amide bonds. The lowest BCUT2D eigenvalue weighted by Crippen LogP contribution is -1.93. The summed E-state index contributed by atoms with van der Waals surface area (Å²) < 4.78 is 10.7. The lowest BCUT2D eigenvalue weighted by molar-refractivity contribution is 0.174. The Morgan fingerprint density at radius 2 is 2.00 bits per heavy atom. The highest BCUT2D eigenvalue weighted by Crippen LogP contribution is 2.34. The quantitative estimate of drug-likeness (QED) is 0.534. The molecule has 1 aromatic heterocycles. The maximum absolute atomic E-state index is 9.58. The summed E-state index contributed by atoms with van der Waals surface area (Å²) in [6, 6.07) is 16.3. The number of hydrogen-bond acceptors (Lipinski definition) is 6. The van der Waals surface area contributed by atoms with Gasteiger partial charge in [0.05, 0.1) is 5.69 Å². The molecular weight excluding hydrogens is 382 g/mol. The number of benzene rings is 2. The Kier molecular flexibility index (Phi) is 5.50. The predicted molar refractivity (Wildman–Crippen MR) is 116 cm³/mol. The molecule has 2 aromatic carbocycles. The first-order valence-corrected chi connectivity index (χ1v) is 10.3. The molecule has 0 atom stereocenters. The van der Waals surface area contributed by atoms with Gasteiger partial charge in [0.15, 0.2) is 11.5 Å². The van der Waals surface area contributed by atoms with E-state index in [0.717, 1.165) is 29.1 Å². The van der Waals surface area contributed by atoms with Crippen LogP contribution in [0, 0.1) is 17.2 Å².